The molecule has 3 N–H and O–H groups in total. The number of nitrogens with one attached hydrogen (secondary N) is 1. The predicted molar refractivity (Wildman–Crippen MR) is 189 cm³/mol. The van der Waals surface area contributed by atoms with Gasteiger partial charge in [0.15, 0.2) is 0 Å². The van der Waals surface area contributed by atoms with E-state index in [2.05, 4.69) is 55.6 Å². The third-order valence-electron chi connectivity index (χ3n) is 7.30. The van der Waals surface area contributed by atoms with Crippen LogP contribution in [0.3, 0.4) is 0 Å². The van der Waals surface area contributed by atoms with Crippen molar-refractivity contribution in [3.8, 4) is 0 Å². The van der Waals surface area contributed by atoms with E-state index in [0.29, 0.717) is 17.4 Å². The van der Waals surface area contributed by atoms with E-state index in [1.165, 1.54) is 25.7 Å². The van der Waals surface area contributed by atoms with Crippen LogP contribution in [-0.2, 0) is 18.4 Å². The Hall–Kier alpha value is -1.54. The molecular formula is C36H68N2O6P+. The molecule has 0 aromatic carbocycles. The third kappa shape index (κ3) is 30.9. The topological polar surface area (TPSA) is 105 Å². The van der Waals surface area contributed by atoms with Crippen molar-refractivity contribution in [1.29, 1.82) is 0 Å². The molecule has 0 spiro atoms. The molecule has 0 aliphatic rings. The standard InChI is InChI=1S/C36H67N2O6P/c1-6-8-10-12-14-15-16-17-18-19-20-21-22-23-24-26-28-30-36(40)37-34(35(39)29-27-25-13-11-9-7-2)33-44-45(41,42)43-32-31-38(3,4)5/h8,10,14-15,17-18,27,29,34-35,39H,6-7,9,11-13,16,19-26,28,30-33H2,1-5H3,(H-,37,40,41,42)/p+1/b10-8-,15-14-,18-17-,29-27+. The minimum atomic E-state index is -4.32. The maximum Gasteiger partial charge on any atom is 0.472 e. The molecule has 45 heavy (non-hydrogen) atoms. The van der Waals surface area contributed by atoms with Gasteiger partial charge in [-0.15, -0.1) is 0 Å². The van der Waals surface area contributed by atoms with Crippen LogP contribution >= 0.6 is 7.82 Å². The molecule has 0 aliphatic carbocycles. The van der Waals surface area contributed by atoms with E-state index in [9.17, 15) is 19.4 Å². The van der Waals surface area contributed by atoms with Crippen molar-refractivity contribution in [2.24, 2.45) is 0 Å². The summed E-state index contributed by atoms with van der Waals surface area (Å²) in [7, 11) is 1.55. The van der Waals surface area contributed by atoms with Crippen molar-refractivity contribution < 1.29 is 32.9 Å². The first-order valence-corrected chi connectivity index (χ1v) is 19.0. The average Bonchev–Trinajstić information content (AvgIpc) is 2.97. The van der Waals surface area contributed by atoms with Gasteiger partial charge in [0.2, 0.25) is 5.91 Å². The number of amides is 1. The lowest BCUT2D eigenvalue weighted by molar-refractivity contribution is -0.870. The predicted octanol–water partition coefficient (Wildman–Crippen LogP) is 8.57. The molecule has 0 rings (SSSR count). The van der Waals surface area contributed by atoms with Crippen molar-refractivity contribution in [3.63, 3.8) is 0 Å². The fraction of sp³-hybridized carbons (Fsp3) is 0.750. The van der Waals surface area contributed by atoms with Crippen LogP contribution in [0.4, 0.5) is 0 Å². The Kier molecular flexibility index (Phi) is 27.7. The van der Waals surface area contributed by atoms with E-state index in [-0.39, 0.29) is 19.1 Å². The minimum Gasteiger partial charge on any atom is -0.387 e. The maximum absolute atomic E-state index is 12.7. The van der Waals surface area contributed by atoms with Crippen LogP contribution < -0.4 is 5.32 Å². The zero-order chi connectivity index (χ0) is 33.7. The lowest BCUT2D eigenvalue weighted by Crippen LogP contribution is -2.45. The fourth-order valence-electron chi connectivity index (χ4n) is 4.46. The van der Waals surface area contributed by atoms with E-state index >= 15 is 0 Å². The number of phosphoric acid groups is 1. The molecule has 0 bridgehead atoms. The molecule has 262 valence electrons. The number of nitrogens with zero attached hydrogens (tertiary/aromatic N) is 1. The molecule has 0 radical (unpaired) electrons. The summed E-state index contributed by atoms with van der Waals surface area (Å²) in [5.41, 5.74) is 0. The van der Waals surface area contributed by atoms with Crippen LogP contribution in [0.5, 0.6) is 0 Å². The maximum atomic E-state index is 12.7. The Bertz CT molecular complexity index is 881. The van der Waals surface area contributed by atoms with Crippen LogP contribution in [0, 0.1) is 0 Å². The van der Waals surface area contributed by atoms with Crippen LogP contribution in [0.2, 0.25) is 0 Å². The molecule has 0 saturated carbocycles. The SMILES string of the molecule is CC/C=C\C/C=C\C/C=C\CCCCCCCCCC(=O)NC(COP(=O)(O)OCC[N+](C)(C)C)C(O)/C=C/CCCCCC. The Labute approximate surface area is 276 Å². The number of unbranched alkanes of at least 4 members (excludes halogenated alkanes) is 11. The zero-order valence-corrected chi connectivity index (χ0v) is 30.2. The molecule has 3 atom stereocenters. The molecule has 1 amide bonds. The lowest BCUT2D eigenvalue weighted by atomic mass is 10.1. The Morgan fingerprint density at radius 1 is 0.778 bits per heavy atom. The number of phosphoric ester groups is 1. The second-order valence-electron chi connectivity index (χ2n) is 12.9. The van der Waals surface area contributed by atoms with Gasteiger partial charge in [0.1, 0.15) is 13.2 Å². The summed E-state index contributed by atoms with van der Waals surface area (Å²) in [5.74, 6) is -0.197. The quantitative estimate of drug-likeness (QED) is 0.0310. The van der Waals surface area contributed by atoms with Crippen LogP contribution in [0.1, 0.15) is 123 Å². The number of rotatable bonds is 30. The van der Waals surface area contributed by atoms with Crippen molar-refractivity contribution in [3.05, 3.63) is 48.6 Å². The number of carbonyl (C=O) groups excluding carboxylic acids is 1. The molecule has 0 aromatic rings. The number of quaternary nitrogens is 1. The minimum absolute atomic E-state index is 0.0566. The van der Waals surface area contributed by atoms with Crippen LogP contribution in [0.25, 0.3) is 0 Å². The Morgan fingerprint density at radius 3 is 1.96 bits per heavy atom. The van der Waals surface area contributed by atoms with Crippen molar-refractivity contribution in [2.45, 2.75) is 135 Å². The number of aliphatic hydroxyl groups is 1. The highest BCUT2D eigenvalue weighted by Crippen LogP contribution is 2.43. The smallest absolute Gasteiger partial charge is 0.387 e. The fourth-order valence-corrected chi connectivity index (χ4v) is 5.20. The number of aliphatic hydroxyl groups excluding tert-OH is 1. The summed E-state index contributed by atoms with van der Waals surface area (Å²) >= 11 is 0. The molecule has 3 unspecified atom stereocenters. The van der Waals surface area contributed by atoms with Crippen molar-refractivity contribution >= 4 is 13.7 Å². The van der Waals surface area contributed by atoms with E-state index in [4.69, 9.17) is 9.05 Å². The molecule has 0 aromatic heterocycles. The summed E-state index contributed by atoms with van der Waals surface area (Å²) in [6, 6.07) is -0.847. The van der Waals surface area contributed by atoms with Gasteiger partial charge in [0.05, 0.1) is 39.9 Å². The molecule has 0 heterocycles. The first kappa shape index (κ1) is 43.5. The van der Waals surface area contributed by atoms with Gasteiger partial charge in [-0.25, -0.2) is 4.57 Å². The van der Waals surface area contributed by atoms with Gasteiger partial charge in [0.25, 0.3) is 0 Å². The first-order valence-electron chi connectivity index (χ1n) is 17.5. The summed E-state index contributed by atoms with van der Waals surface area (Å²) in [6.07, 6.45) is 33.4. The van der Waals surface area contributed by atoms with Crippen LogP contribution in [0.15, 0.2) is 48.6 Å². The van der Waals surface area contributed by atoms with Gasteiger partial charge in [-0.3, -0.25) is 13.8 Å². The van der Waals surface area contributed by atoms with Gasteiger partial charge in [-0.2, -0.15) is 0 Å². The normalized spacial score (nSPS) is 15.4. The number of hydrogen-bond donors (Lipinski definition) is 3. The average molecular weight is 656 g/mol. The Balaban J connectivity index is 4.40. The highest BCUT2D eigenvalue weighted by molar-refractivity contribution is 7.47. The van der Waals surface area contributed by atoms with Gasteiger partial charge < -0.3 is 19.8 Å². The molecule has 9 heteroatoms. The molecule has 8 nitrogen and oxygen atoms in total. The largest absolute Gasteiger partial charge is 0.472 e. The van der Waals surface area contributed by atoms with Crippen molar-refractivity contribution in [1.82, 2.24) is 5.32 Å². The Morgan fingerprint density at radius 2 is 1.33 bits per heavy atom. The molecule has 0 fully saturated rings. The van der Waals surface area contributed by atoms with E-state index in [0.717, 1.165) is 77.0 Å². The summed E-state index contributed by atoms with van der Waals surface area (Å²) in [6.45, 7) is 4.57. The second-order valence-corrected chi connectivity index (χ2v) is 14.3. The highest BCUT2D eigenvalue weighted by Gasteiger charge is 2.27. The third-order valence-corrected chi connectivity index (χ3v) is 8.29. The van der Waals surface area contributed by atoms with E-state index in [1.807, 2.05) is 27.2 Å². The van der Waals surface area contributed by atoms with Crippen molar-refractivity contribution in [2.75, 3.05) is 40.9 Å². The molecule has 0 aliphatic heterocycles. The zero-order valence-electron chi connectivity index (χ0n) is 29.3. The number of likely N-dealkylation sites (N-methyl/N-ethyl adjacent to an activating group) is 1. The van der Waals surface area contributed by atoms with E-state index in [1.54, 1.807) is 6.08 Å². The number of carbonyl (C=O) groups is 1. The monoisotopic (exact) mass is 655 g/mol. The first-order chi connectivity index (χ1) is 21.5. The van der Waals surface area contributed by atoms with E-state index < -0.39 is 20.0 Å². The van der Waals surface area contributed by atoms with Crippen LogP contribution in [-0.4, -0.2) is 73.4 Å². The van der Waals surface area contributed by atoms with Gasteiger partial charge in [-0.05, 0) is 51.4 Å². The summed E-state index contributed by atoms with van der Waals surface area (Å²) in [4.78, 5) is 22.8. The van der Waals surface area contributed by atoms with Gasteiger partial charge in [0, 0.05) is 6.42 Å². The van der Waals surface area contributed by atoms with Gasteiger partial charge >= 0.3 is 7.82 Å². The highest BCUT2D eigenvalue weighted by atomic mass is 31.2. The summed E-state index contributed by atoms with van der Waals surface area (Å²) < 4.78 is 23.3. The molecular weight excluding hydrogens is 587 g/mol. The van der Waals surface area contributed by atoms with Gasteiger partial charge in [-0.1, -0.05) is 114 Å². The number of allylic oxidation sites excluding steroid dienone is 7. The summed E-state index contributed by atoms with van der Waals surface area (Å²) in [5, 5.41) is 13.6. The molecule has 0 saturated heterocycles. The second kappa shape index (κ2) is 28.7. The number of hydrogen-bond acceptors (Lipinski definition) is 5. The lowest BCUT2D eigenvalue weighted by Gasteiger charge is -2.25.